The van der Waals surface area contributed by atoms with Crippen molar-refractivity contribution in [1.29, 1.82) is 0 Å². The first-order chi connectivity index (χ1) is 10.7. The Morgan fingerprint density at radius 1 is 1.36 bits per heavy atom. The molecule has 1 N–H and O–H groups in total. The van der Waals surface area contributed by atoms with Crippen LogP contribution in [-0.4, -0.2) is 19.6 Å². The first kappa shape index (κ1) is 15.6. The molecule has 118 valence electrons. The van der Waals surface area contributed by atoms with Crippen LogP contribution in [0.4, 0.5) is 0 Å². The number of hydrogen-bond donors (Lipinski definition) is 1. The lowest BCUT2D eigenvalue weighted by molar-refractivity contribution is 0.0948. The number of ether oxygens (including phenoxy) is 1. The van der Waals surface area contributed by atoms with E-state index in [4.69, 9.17) is 16.3 Å². The fraction of sp³-hybridized carbons (Fsp3) is 0.471. The van der Waals surface area contributed by atoms with Crippen molar-refractivity contribution in [1.82, 2.24) is 5.32 Å². The zero-order valence-electron chi connectivity index (χ0n) is 12.7. The van der Waals surface area contributed by atoms with Crippen LogP contribution >= 0.6 is 22.9 Å². The lowest BCUT2D eigenvalue weighted by Crippen LogP contribution is -2.29. The summed E-state index contributed by atoms with van der Waals surface area (Å²) in [6.07, 6.45) is 6.33. The number of methoxy groups -OCH3 is 1. The number of hydrogen-bond acceptors (Lipinski definition) is 3. The number of fused-ring (bicyclic) bond motifs is 1. The molecule has 1 aromatic carbocycles. The summed E-state index contributed by atoms with van der Waals surface area (Å²) in [6.45, 7) is 0.757. The van der Waals surface area contributed by atoms with Crippen molar-refractivity contribution < 1.29 is 9.53 Å². The molecule has 0 aliphatic heterocycles. The molecular weight excluding hydrogens is 318 g/mol. The summed E-state index contributed by atoms with van der Waals surface area (Å²) in [5, 5.41) is 4.47. The minimum Gasteiger partial charge on any atom is -0.497 e. The smallest absolute Gasteiger partial charge is 0.262 e. The molecule has 1 amide bonds. The minimum absolute atomic E-state index is 0.0595. The molecule has 1 fully saturated rings. The zero-order chi connectivity index (χ0) is 15.5. The number of halogens is 1. The van der Waals surface area contributed by atoms with Crippen LogP contribution in [0, 0.1) is 5.92 Å². The van der Waals surface area contributed by atoms with Gasteiger partial charge in [0.2, 0.25) is 0 Å². The standard InChI is InChI=1S/C17H20ClNO2S/c1-21-12-7-8-14-13(9-12)15(18)16(22-14)17(20)19-10-11-5-3-2-4-6-11/h7-9,11H,2-6,10H2,1H3,(H,19,20). The number of benzene rings is 1. The highest BCUT2D eigenvalue weighted by Gasteiger charge is 2.19. The highest BCUT2D eigenvalue weighted by molar-refractivity contribution is 7.21. The molecule has 3 nitrogen and oxygen atoms in total. The fourth-order valence-electron chi connectivity index (χ4n) is 3.03. The third-order valence-corrected chi connectivity index (χ3v) is 5.99. The Balaban J connectivity index is 1.74. The minimum atomic E-state index is -0.0595. The third-order valence-electron chi connectivity index (χ3n) is 4.32. The molecule has 2 aromatic rings. The quantitative estimate of drug-likeness (QED) is 0.864. The molecule has 0 radical (unpaired) electrons. The number of carbonyl (C=O) groups is 1. The Kier molecular flexibility index (Phi) is 4.89. The average Bonchev–Trinajstić information content (AvgIpc) is 2.90. The topological polar surface area (TPSA) is 38.3 Å². The van der Waals surface area contributed by atoms with Gasteiger partial charge in [-0.15, -0.1) is 11.3 Å². The summed E-state index contributed by atoms with van der Waals surface area (Å²) in [4.78, 5) is 13.0. The number of nitrogens with one attached hydrogen (secondary N) is 1. The van der Waals surface area contributed by atoms with Gasteiger partial charge in [-0.3, -0.25) is 4.79 Å². The highest BCUT2D eigenvalue weighted by atomic mass is 35.5. The molecular formula is C17H20ClNO2S. The molecule has 0 atom stereocenters. The van der Waals surface area contributed by atoms with Gasteiger partial charge in [-0.05, 0) is 37.0 Å². The Bertz CT molecular complexity index is 677. The molecule has 3 rings (SSSR count). The van der Waals surface area contributed by atoms with Crippen LogP contribution in [0.2, 0.25) is 5.02 Å². The number of amides is 1. The predicted octanol–water partition coefficient (Wildman–Crippen LogP) is 4.87. The normalized spacial score (nSPS) is 15.9. The lowest BCUT2D eigenvalue weighted by atomic mass is 9.89. The van der Waals surface area contributed by atoms with E-state index in [1.807, 2.05) is 18.2 Å². The van der Waals surface area contributed by atoms with E-state index in [1.54, 1.807) is 7.11 Å². The summed E-state index contributed by atoms with van der Waals surface area (Å²) < 4.78 is 6.23. The van der Waals surface area contributed by atoms with Crippen molar-refractivity contribution in [3.63, 3.8) is 0 Å². The Labute approximate surface area is 139 Å². The molecule has 0 bridgehead atoms. The molecule has 0 unspecified atom stereocenters. The van der Waals surface area contributed by atoms with Gasteiger partial charge in [0.1, 0.15) is 10.6 Å². The zero-order valence-corrected chi connectivity index (χ0v) is 14.2. The van der Waals surface area contributed by atoms with Gasteiger partial charge in [0.05, 0.1) is 12.1 Å². The number of rotatable bonds is 4. The van der Waals surface area contributed by atoms with Gasteiger partial charge in [-0.2, -0.15) is 0 Å². The van der Waals surface area contributed by atoms with Crippen LogP contribution < -0.4 is 10.1 Å². The maximum Gasteiger partial charge on any atom is 0.262 e. The predicted molar refractivity (Wildman–Crippen MR) is 92.3 cm³/mol. The SMILES string of the molecule is COc1ccc2sc(C(=O)NCC3CCCCC3)c(Cl)c2c1. The van der Waals surface area contributed by atoms with Gasteiger partial charge in [-0.1, -0.05) is 30.9 Å². The monoisotopic (exact) mass is 337 g/mol. The van der Waals surface area contributed by atoms with Gasteiger partial charge >= 0.3 is 0 Å². The molecule has 1 saturated carbocycles. The lowest BCUT2D eigenvalue weighted by Gasteiger charge is -2.21. The van der Waals surface area contributed by atoms with E-state index in [2.05, 4.69) is 5.32 Å². The first-order valence-electron chi connectivity index (χ1n) is 7.73. The van der Waals surface area contributed by atoms with Crippen molar-refractivity contribution in [2.75, 3.05) is 13.7 Å². The van der Waals surface area contributed by atoms with E-state index in [0.717, 1.165) is 22.4 Å². The van der Waals surface area contributed by atoms with Gasteiger partial charge in [-0.25, -0.2) is 0 Å². The summed E-state index contributed by atoms with van der Waals surface area (Å²) in [6, 6.07) is 5.72. The summed E-state index contributed by atoms with van der Waals surface area (Å²) >= 11 is 7.83. The Morgan fingerprint density at radius 2 is 2.14 bits per heavy atom. The van der Waals surface area contributed by atoms with E-state index in [-0.39, 0.29) is 5.91 Å². The molecule has 0 spiro atoms. The van der Waals surface area contributed by atoms with Gasteiger partial charge in [0.25, 0.3) is 5.91 Å². The Hall–Kier alpha value is -1.26. The second kappa shape index (κ2) is 6.88. The van der Waals surface area contributed by atoms with E-state index in [0.29, 0.717) is 15.8 Å². The van der Waals surface area contributed by atoms with E-state index >= 15 is 0 Å². The van der Waals surface area contributed by atoms with Crippen LogP contribution in [-0.2, 0) is 0 Å². The summed E-state index contributed by atoms with van der Waals surface area (Å²) in [5.41, 5.74) is 0. The summed E-state index contributed by atoms with van der Waals surface area (Å²) in [5.74, 6) is 1.31. The van der Waals surface area contributed by atoms with E-state index in [9.17, 15) is 4.79 Å². The van der Waals surface area contributed by atoms with Crippen molar-refractivity contribution in [2.24, 2.45) is 5.92 Å². The first-order valence-corrected chi connectivity index (χ1v) is 8.92. The average molecular weight is 338 g/mol. The Morgan fingerprint density at radius 3 is 2.86 bits per heavy atom. The van der Waals surface area contributed by atoms with Gasteiger partial charge in [0.15, 0.2) is 0 Å². The second-order valence-electron chi connectivity index (χ2n) is 5.82. The van der Waals surface area contributed by atoms with Gasteiger partial charge < -0.3 is 10.1 Å². The molecule has 22 heavy (non-hydrogen) atoms. The van der Waals surface area contributed by atoms with Crippen molar-refractivity contribution in [2.45, 2.75) is 32.1 Å². The van der Waals surface area contributed by atoms with Crippen molar-refractivity contribution in [3.8, 4) is 5.75 Å². The molecule has 1 aliphatic rings. The van der Waals surface area contributed by atoms with Crippen LogP contribution in [0.5, 0.6) is 5.75 Å². The van der Waals surface area contributed by atoms with Crippen LogP contribution in [0.25, 0.3) is 10.1 Å². The maximum absolute atomic E-state index is 12.4. The van der Waals surface area contributed by atoms with E-state index in [1.165, 1.54) is 43.4 Å². The van der Waals surface area contributed by atoms with E-state index < -0.39 is 0 Å². The van der Waals surface area contributed by atoms with Crippen molar-refractivity contribution in [3.05, 3.63) is 28.1 Å². The van der Waals surface area contributed by atoms with Crippen LogP contribution in [0.3, 0.4) is 0 Å². The molecule has 0 saturated heterocycles. The molecule has 1 heterocycles. The van der Waals surface area contributed by atoms with Crippen molar-refractivity contribution >= 4 is 38.9 Å². The largest absolute Gasteiger partial charge is 0.497 e. The second-order valence-corrected chi connectivity index (χ2v) is 7.25. The highest BCUT2D eigenvalue weighted by Crippen LogP contribution is 2.37. The summed E-state index contributed by atoms with van der Waals surface area (Å²) in [7, 11) is 1.62. The van der Waals surface area contributed by atoms with Crippen LogP contribution in [0.1, 0.15) is 41.8 Å². The molecule has 1 aliphatic carbocycles. The maximum atomic E-state index is 12.4. The fourth-order valence-corrected chi connectivity index (χ4v) is 4.43. The molecule has 5 heteroatoms. The van der Waals surface area contributed by atoms with Gasteiger partial charge in [0, 0.05) is 16.6 Å². The third kappa shape index (κ3) is 3.23. The number of carbonyl (C=O) groups excluding carboxylic acids is 1. The van der Waals surface area contributed by atoms with Crippen LogP contribution in [0.15, 0.2) is 18.2 Å². The molecule has 1 aromatic heterocycles. The number of thiophene rings is 1.